The van der Waals surface area contributed by atoms with Crippen molar-refractivity contribution in [3.63, 3.8) is 0 Å². The molecule has 0 saturated heterocycles. The molecule has 0 saturated carbocycles. The summed E-state index contributed by atoms with van der Waals surface area (Å²) in [5, 5.41) is 18.7. The number of aliphatic hydroxyl groups excluding tert-OH is 2. The second-order valence-electron chi connectivity index (χ2n) is 4.49. The summed E-state index contributed by atoms with van der Waals surface area (Å²) in [5.41, 5.74) is -0.351. The van der Waals surface area contributed by atoms with E-state index in [1.807, 2.05) is 34.6 Å². The smallest absolute Gasteiger partial charge is 0.162 e. The van der Waals surface area contributed by atoms with Gasteiger partial charge in [-0.25, -0.2) is 0 Å². The summed E-state index contributed by atoms with van der Waals surface area (Å²) < 4.78 is 4.99. The molecule has 0 aromatic carbocycles. The van der Waals surface area contributed by atoms with Crippen LogP contribution in [0.15, 0.2) is 0 Å². The summed E-state index contributed by atoms with van der Waals surface area (Å²) in [6.45, 7) is 9.22. The van der Waals surface area contributed by atoms with E-state index in [9.17, 15) is 10.2 Å². The summed E-state index contributed by atoms with van der Waals surface area (Å²) in [6.07, 6.45) is -1.81. The fraction of sp³-hybridized carbons (Fsp3) is 1.00. The zero-order valence-electron chi connectivity index (χ0n) is 8.53. The highest BCUT2D eigenvalue weighted by atomic mass is 16.7. The van der Waals surface area contributed by atoms with Gasteiger partial charge < -0.3 is 14.9 Å². The number of ether oxygens (including phenoxy) is 1. The molecule has 0 aromatic heterocycles. The summed E-state index contributed by atoms with van der Waals surface area (Å²) in [6, 6.07) is 0. The molecule has 0 aliphatic carbocycles. The van der Waals surface area contributed by atoms with Crippen molar-refractivity contribution in [2.24, 2.45) is 11.3 Å². The van der Waals surface area contributed by atoms with Crippen molar-refractivity contribution in [3.05, 3.63) is 0 Å². The molecule has 74 valence electrons. The summed E-state index contributed by atoms with van der Waals surface area (Å²) in [5.74, 6) is 0.00185. The van der Waals surface area contributed by atoms with Crippen LogP contribution in [0.4, 0.5) is 0 Å². The zero-order valence-corrected chi connectivity index (χ0v) is 8.53. The van der Waals surface area contributed by atoms with Crippen LogP contribution in [0.3, 0.4) is 0 Å². The number of rotatable bonds is 3. The molecule has 0 aromatic rings. The lowest BCUT2D eigenvalue weighted by Gasteiger charge is -2.29. The molecule has 3 heteroatoms. The minimum Gasteiger partial charge on any atom is -0.368 e. The summed E-state index contributed by atoms with van der Waals surface area (Å²) in [7, 11) is 0. The Morgan fingerprint density at radius 3 is 1.75 bits per heavy atom. The van der Waals surface area contributed by atoms with E-state index in [4.69, 9.17) is 4.74 Å². The van der Waals surface area contributed by atoms with Crippen LogP contribution in [0.25, 0.3) is 0 Å². The van der Waals surface area contributed by atoms with Gasteiger partial charge in [-0.2, -0.15) is 0 Å². The molecular formula is C9H20O3. The molecule has 0 heterocycles. The van der Waals surface area contributed by atoms with Crippen LogP contribution >= 0.6 is 0 Å². The van der Waals surface area contributed by atoms with E-state index in [1.165, 1.54) is 0 Å². The molecule has 2 N–H and O–H groups in total. The Labute approximate surface area is 74.4 Å². The molecule has 2 atom stereocenters. The third kappa shape index (κ3) is 4.04. The van der Waals surface area contributed by atoms with E-state index in [0.29, 0.717) is 0 Å². The van der Waals surface area contributed by atoms with E-state index in [0.717, 1.165) is 0 Å². The van der Waals surface area contributed by atoms with Crippen molar-refractivity contribution in [2.45, 2.75) is 47.2 Å². The topological polar surface area (TPSA) is 49.7 Å². The lowest BCUT2D eigenvalue weighted by atomic mass is 9.96. The molecule has 0 aliphatic heterocycles. The minimum absolute atomic E-state index is 0.00185. The van der Waals surface area contributed by atoms with Crippen LogP contribution in [-0.4, -0.2) is 22.8 Å². The zero-order chi connectivity index (χ0) is 9.94. The number of hydrogen-bond donors (Lipinski definition) is 2. The van der Waals surface area contributed by atoms with Gasteiger partial charge in [0.05, 0.1) is 0 Å². The standard InChI is InChI=1S/C9H20O3/c1-6(2)7(10)12-8(11)9(3,4)5/h6-8,10-11H,1-5H3. The van der Waals surface area contributed by atoms with Gasteiger partial charge in [0.1, 0.15) is 0 Å². The maximum Gasteiger partial charge on any atom is 0.162 e. The normalized spacial score (nSPS) is 18.0. The van der Waals surface area contributed by atoms with E-state index in [-0.39, 0.29) is 11.3 Å². The average molecular weight is 176 g/mol. The Morgan fingerprint density at radius 2 is 1.50 bits per heavy atom. The first-order valence-electron chi connectivity index (χ1n) is 4.26. The molecule has 0 radical (unpaired) electrons. The minimum atomic E-state index is -0.921. The molecule has 0 amide bonds. The lowest BCUT2D eigenvalue weighted by molar-refractivity contribution is -0.255. The quantitative estimate of drug-likeness (QED) is 0.638. The van der Waals surface area contributed by atoms with Gasteiger partial charge >= 0.3 is 0 Å². The molecular weight excluding hydrogens is 156 g/mol. The van der Waals surface area contributed by atoms with Crippen molar-refractivity contribution in [1.29, 1.82) is 0 Å². The Hall–Kier alpha value is -0.120. The van der Waals surface area contributed by atoms with Crippen LogP contribution < -0.4 is 0 Å². The SMILES string of the molecule is CC(C)C(O)OC(O)C(C)(C)C. The Balaban J connectivity index is 3.93. The first kappa shape index (κ1) is 11.9. The van der Waals surface area contributed by atoms with Gasteiger partial charge in [-0.15, -0.1) is 0 Å². The average Bonchev–Trinajstić information content (AvgIpc) is 1.85. The molecule has 2 unspecified atom stereocenters. The van der Waals surface area contributed by atoms with E-state index in [1.54, 1.807) is 0 Å². The van der Waals surface area contributed by atoms with Crippen molar-refractivity contribution in [2.75, 3.05) is 0 Å². The van der Waals surface area contributed by atoms with Crippen LogP contribution in [0.5, 0.6) is 0 Å². The first-order valence-corrected chi connectivity index (χ1v) is 4.26. The summed E-state index contributed by atoms with van der Waals surface area (Å²) >= 11 is 0. The largest absolute Gasteiger partial charge is 0.368 e. The maximum atomic E-state index is 9.42. The highest BCUT2D eigenvalue weighted by Gasteiger charge is 2.26. The molecule has 0 spiro atoms. The second kappa shape index (κ2) is 4.21. The third-order valence-electron chi connectivity index (χ3n) is 1.58. The lowest BCUT2D eigenvalue weighted by Crippen LogP contribution is -2.34. The van der Waals surface area contributed by atoms with Crippen molar-refractivity contribution < 1.29 is 14.9 Å². The van der Waals surface area contributed by atoms with Crippen LogP contribution in [0, 0.1) is 11.3 Å². The van der Waals surface area contributed by atoms with E-state index < -0.39 is 12.6 Å². The third-order valence-corrected chi connectivity index (χ3v) is 1.58. The van der Waals surface area contributed by atoms with Gasteiger partial charge in [0, 0.05) is 11.3 Å². The van der Waals surface area contributed by atoms with Crippen molar-refractivity contribution >= 4 is 0 Å². The monoisotopic (exact) mass is 176 g/mol. The fourth-order valence-corrected chi connectivity index (χ4v) is 0.493. The van der Waals surface area contributed by atoms with E-state index >= 15 is 0 Å². The van der Waals surface area contributed by atoms with Gasteiger partial charge in [-0.1, -0.05) is 34.6 Å². The van der Waals surface area contributed by atoms with Crippen LogP contribution in [0.2, 0.25) is 0 Å². The molecule has 0 fully saturated rings. The molecule has 0 rings (SSSR count). The number of hydrogen-bond acceptors (Lipinski definition) is 3. The van der Waals surface area contributed by atoms with Gasteiger partial charge in [-0.05, 0) is 0 Å². The highest BCUT2D eigenvalue weighted by Crippen LogP contribution is 2.21. The maximum absolute atomic E-state index is 9.42. The van der Waals surface area contributed by atoms with Gasteiger partial charge in [0.25, 0.3) is 0 Å². The second-order valence-corrected chi connectivity index (χ2v) is 4.49. The Bertz CT molecular complexity index is 126. The Kier molecular flexibility index (Phi) is 4.17. The predicted molar refractivity (Wildman–Crippen MR) is 47.4 cm³/mol. The molecule has 0 bridgehead atoms. The first-order chi connectivity index (χ1) is 5.25. The molecule has 3 nitrogen and oxygen atoms in total. The number of aliphatic hydroxyl groups is 2. The predicted octanol–water partition coefficient (Wildman–Crippen LogP) is 1.34. The van der Waals surface area contributed by atoms with Gasteiger partial charge in [0.15, 0.2) is 12.6 Å². The van der Waals surface area contributed by atoms with Crippen molar-refractivity contribution in [3.8, 4) is 0 Å². The molecule has 12 heavy (non-hydrogen) atoms. The van der Waals surface area contributed by atoms with Gasteiger partial charge in [0.2, 0.25) is 0 Å². The highest BCUT2D eigenvalue weighted by molar-refractivity contribution is 4.65. The van der Waals surface area contributed by atoms with Gasteiger partial charge in [-0.3, -0.25) is 0 Å². The van der Waals surface area contributed by atoms with Crippen LogP contribution in [-0.2, 0) is 4.74 Å². The molecule has 0 aliphatic rings. The van der Waals surface area contributed by atoms with Crippen molar-refractivity contribution in [1.82, 2.24) is 0 Å². The Morgan fingerprint density at radius 1 is 1.08 bits per heavy atom. The summed E-state index contributed by atoms with van der Waals surface area (Å²) in [4.78, 5) is 0. The fourth-order valence-electron chi connectivity index (χ4n) is 0.493. The van der Waals surface area contributed by atoms with E-state index in [2.05, 4.69) is 0 Å². The van der Waals surface area contributed by atoms with Crippen LogP contribution in [0.1, 0.15) is 34.6 Å².